The molecule has 2 rings (SSSR count). The molecule has 1 fully saturated rings. The Labute approximate surface area is 93.9 Å². The van der Waals surface area contributed by atoms with Crippen LogP contribution >= 0.6 is 11.3 Å². The third-order valence-corrected chi connectivity index (χ3v) is 3.68. The van der Waals surface area contributed by atoms with Crippen LogP contribution in [0.5, 0.6) is 0 Å². The maximum atomic E-state index is 11.8. The summed E-state index contributed by atoms with van der Waals surface area (Å²) in [7, 11) is 0. The van der Waals surface area contributed by atoms with Crippen molar-refractivity contribution in [3.05, 3.63) is 22.4 Å². The van der Waals surface area contributed by atoms with Gasteiger partial charge in [-0.2, -0.15) is 0 Å². The number of thiophene rings is 1. The van der Waals surface area contributed by atoms with Crippen LogP contribution in [0.1, 0.15) is 17.7 Å². The molecule has 0 aliphatic carbocycles. The molecule has 3 nitrogen and oxygen atoms in total. The predicted octanol–water partition coefficient (Wildman–Crippen LogP) is 1.24. The number of carbonyl (C=O) groups is 1. The number of hydrogen-bond donors (Lipinski definition) is 1. The van der Waals surface area contributed by atoms with Crippen LogP contribution in [0, 0.1) is 0 Å². The molecule has 1 aliphatic rings. The molecule has 0 bridgehead atoms. The lowest BCUT2D eigenvalue weighted by molar-refractivity contribution is -0.130. The predicted molar refractivity (Wildman–Crippen MR) is 61.8 cm³/mol. The third-order valence-electron chi connectivity index (χ3n) is 2.74. The van der Waals surface area contributed by atoms with Crippen LogP contribution in [0.25, 0.3) is 0 Å². The fourth-order valence-electron chi connectivity index (χ4n) is 1.86. The Morgan fingerprint density at radius 3 is 3.13 bits per heavy atom. The van der Waals surface area contributed by atoms with Crippen molar-refractivity contribution in [2.45, 2.75) is 25.3 Å². The van der Waals surface area contributed by atoms with Crippen LogP contribution in [-0.2, 0) is 11.2 Å². The summed E-state index contributed by atoms with van der Waals surface area (Å²) in [6, 6.07) is 4.29. The Morgan fingerprint density at radius 2 is 2.53 bits per heavy atom. The number of hydrogen-bond acceptors (Lipinski definition) is 3. The van der Waals surface area contributed by atoms with Crippen LogP contribution < -0.4 is 5.73 Å². The van der Waals surface area contributed by atoms with Gasteiger partial charge < -0.3 is 10.6 Å². The van der Waals surface area contributed by atoms with Gasteiger partial charge in [0, 0.05) is 30.4 Å². The molecule has 1 unspecified atom stereocenters. The minimum Gasteiger partial charge on any atom is -0.341 e. The number of nitrogens with zero attached hydrogens (tertiary/aromatic N) is 1. The summed E-state index contributed by atoms with van der Waals surface area (Å²) in [6.07, 6.45) is 2.43. The molecule has 1 atom stereocenters. The summed E-state index contributed by atoms with van der Waals surface area (Å²) in [4.78, 5) is 14.9. The van der Waals surface area contributed by atoms with Gasteiger partial charge in [-0.1, -0.05) is 6.07 Å². The van der Waals surface area contributed by atoms with Gasteiger partial charge in [-0.25, -0.2) is 0 Å². The fraction of sp³-hybridized carbons (Fsp3) is 0.545. The van der Waals surface area contributed by atoms with Crippen molar-refractivity contribution in [3.63, 3.8) is 0 Å². The van der Waals surface area contributed by atoms with Gasteiger partial charge in [-0.3, -0.25) is 4.79 Å². The highest BCUT2D eigenvalue weighted by molar-refractivity contribution is 7.09. The second-order valence-corrected chi connectivity index (χ2v) is 5.00. The topological polar surface area (TPSA) is 46.3 Å². The molecular formula is C11H16N2OS. The van der Waals surface area contributed by atoms with E-state index in [9.17, 15) is 4.79 Å². The van der Waals surface area contributed by atoms with E-state index in [0.717, 1.165) is 25.9 Å². The van der Waals surface area contributed by atoms with Crippen molar-refractivity contribution in [1.29, 1.82) is 0 Å². The summed E-state index contributed by atoms with van der Waals surface area (Å²) in [5.41, 5.74) is 5.76. The highest BCUT2D eigenvalue weighted by Crippen LogP contribution is 2.14. The quantitative estimate of drug-likeness (QED) is 0.839. The molecule has 82 valence electrons. The normalized spacial score (nSPS) is 20.9. The first-order valence-corrected chi connectivity index (χ1v) is 6.19. The van der Waals surface area contributed by atoms with E-state index in [4.69, 9.17) is 5.73 Å². The van der Waals surface area contributed by atoms with Crippen LogP contribution in [0.15, 0.2) is 17.5 Å². The maximum absolute atomic E-state index is 11.8. The Kier molecular flexibility index (Phi) is 3.38. The first kappa shape index (κ1) is 10.6. The molecule has 0 radical (unpaired) electrons. The lowest BCUT2D eigenvalue weighted by Crippen LogP contribution is -2.31. The second-order valence-electron chi connectivity index (χ2n) is 3.97. The number of likely N-dealkylation sites (tertiary alicyclic amines) is 1. The summed E-state index contributed by atoms with van der Waals surface area (Å²) < 4.78 is 0. The zero-order valence-corrected chi connectivity index (χ0v) is 9.50. The van der Waals surface area contributed by atoms with Gasteiger partial charge in [-0.15, -0.1) is 11.3 Å². The van der Waals surface area contributed by atoms with E-state index >= 15 is 0 Å². The molecule has 1 saturated heterocycles. The molecule has 0 spiro atoms. The van der Waals surface area contributed by atoms with Gasteiger partial charge in [0.1, 0.15) is 0 Å². The van der Waals surface area contributed by atoms with E-state index < -0.39 is 0 Å². The van der Waals surface area contributed by atoms with Gasteiger partial charge in [0.2, 0.25) is 5.91 Å². The summed E-state index contributed by atoms with van der Waals surface area (Å²) >= 11 is 1.71. The Bertz CT molecular complexity index is 323. The van der Waals surface area contributed by atoms with Crippen molar-refractivity contribution in [1.82, 2.24) is 4.90 Å². The van der Waals surface area contributed by atoms with E-state index in [1.54, 1.807) is 11.3 Å². The van der Waals surface area contributed by atoms with E-state index in [1.807, 2.05) is 16.3 Å². The molecule has 1 aromatic heterocycles. The molecule has 4 heteroatoms. The smallest absolute Gasteiger partial charge is 0.222 e. The fourth-order valence-corrected chi connectivity index (χ4v) is 2.57. The van der Waals surface area contributed by atoms with Crippen LogP contribution in [0.3, 0.4) is 0 Å². The van der Waals surface area contributed by atoms with Gasteiger partial charge in [0.15, 0.2) is 0 Å². The zero-order chi connectivity index (χ0) is 10.7. The lowest BCUT2D eigenvalue weighted by Gasteiger charge is -2.15. The van der Waals surface area contributed by atoms with E-state index in [-0.39, 0.29) is 11.9 Å². The summed E-state index contributed by atoms with van der Waals surface area (Å²) in [6.45, 7) is 1.58. The summed E-state index contributed by atoms with van der Waals surface area (Å²) in [5, 5.41) is 2.05. The van der Waals surface area contributed by atoms with E-state index in [0.29, 0.717) is 6.42 Å². The van der Waals surface area contributed by atoms with Crippen molar-refractivity contribution in [3.8, 4) is 0 Å². The number of amides is 1. The van der Waals surface area contributed by atoms with Crippen molar-refractivity contribution in [2.75, 3.05) is 13.1 Å². The molecule has 2 heterocycles. The Hall–Kier alpha value is -0.870. The molecule has 1 aromatic rings. The van der Waals surface area contributed by atoms with Crippen molar-refractivity contribution >= 4 is 17.2 Å². The van der Waals surface area contributed by atoms with Crippen molar-refractivity contribution < 1.29 is 4.79 Å². The second kappa shape index (κ2) is 4.77. The SMILES string of the molecule is NC1CCN(C(=O)CCc2cccs2)C1. The monoisotopic (exact) mass is 224 g/mol. The highest BCUT2D eigenvalue weighted by Gasteiger charge is 2.22. The van der Waals surface area contributed by atoms with Crippen LogP contribution in [0.4, 0.5) is 0 Å². The van der Waals surface area contributed by atoms with Gasteiger partial charge >= 0.3 is 0 Å². The largest absolute Gasteiger partial charge is 0.341 e. The number of aryl methyl sites for hydroxylation is 1. The molecule has 1 amide bonds. The lowest BCUT2D eigenvalue weighted by atomic mass is 10.2. The van der Waals surface area contributed by atoms with Crippen LogP contribution in [0.2, 0.25) is 0 Å². The van der Waals surface area contributed by atoms with E-state index in [2.05, 4.69) is 6.07 Å². The standard InChI is InChI=1S/C11H16N2OS/c12-9-5-6-13(8-9)11(14)4-3-10-2-1-7-15-10/h1-2,7,9H,3-6,8,12H2. The average Bonchev–Trinajstić information content (AvgIpc) is 2.84. The van der Waals surface area contributed by atoms with E-state index in [1.165, 1.54) is 4.88 Å². The highest BCUT2D eigenvalue weighted by atomic mass is 32.1. The number of carbonyl (C=O) groups excluding carboxylic acids is 1. The Balaban J connectivity index is 1.78. The van der Waals surface area contributed by atoms with Crippen molar-refractivity contribution in [2.24, 2.45) is 5.73 Å². The molecular weight excluding hydrogens is 208 g/mol. The molecule has 15 heavy (non-hydrogen) atoms. The average molecular weight is 224 g/mol. The zero-order valence-electron chi connectivity index (χ0n) is 8.69. The maximum Gasteiger partial charge on any atom is 0.222 e. The van der Waals surface area contributed by atoms with Gasteiger partial charge in [0.25, 0.3) is 0 Å². The molecule has 0 aromatic carbocycles. The first-order chi connectivity index (χ1) is 7.25. The Morgan fingerprint density at radius 1 is 1.67 bits per heavy atom. The minimum absolute atomic E-state index is 0.190. The minimum atomic E-state index is 0.190. The van der Waals surface area contributed by atoms with Gasteiger partial charge in [0.05, 0.1) is 0 Å². The number of rotatable bonds is 3. The van der Waals surface area contributed by atoms with Crippen LogP contribution in [-0.4, -0.2) is 29.9 Å². The van der Waals surface area contributed by atoms with Gasteiger partial charge in [-0.05, 0) is 24.3 Å². The molecule has 1 aliphatic heterocycles. The summed E-state index contributed by atoms with van der Waals surface area (Å²) in [5.74, 6) is 0.247. The molecule has 2 N–H and O–H groups in total. The first-order valence-electron chi connectivity index (χ1n) is 5.31. The molecule has 0 saturated carbocycles. The third kappa shape index (κ3) is 2.79. The number of nitrogens with two attached hydrogens (primary N) is 1.